The number of hydrogen-bond donors (Lipinski definition) is 1. The molecule has 164 valence electrons. The molecular formula is C24H28N2O4S. The summed E-state index contributed by atoms with van der Waals surface area (Å²) in [4.78, 5) is 27.0. The molecule has 2 aromatic rings. The van der Waals surface area contributed by atoms with Crippen molar-refractivity contribution in [3.8, 4) is 0 Å². The smallest absolute Gasteiger partial charge is 0.241 e. The van der Waals surface area contributed by atoms with Gasteiger partial charge in [0.15, 0.2) is 0 Å². The standard InChI is InChI=1S/C24H28N2O4S/c1-16-7-10-18(11-8-16)14-25-31(29,30)22-13-19(12-9-17(22)2)15-26-23(27)20-5-3-4-6-21(20)24(26)28/h7-13,20-21,25H,3-6,14-15H2,1-2H3. The number of nitrogens with zero attached hydrogens (tertiary/aromatic N) is 1. The zero-order valence-corrected chi connectivity index (χ0v) is 18.7. The van der Waals surface area contributed by atoms with Crippen molar-refractivity contribution in [2.45, 2.75) is 57.5 Å². The van der Waals surface area contributed by atoms with Gasteiger partial charge < -0.3 is 0 Å². The van der Waals surface area contributed by atoms with E-state index in [-0.39, 0.29) is 41.6 Å². The van der Waals surface area contributed by atoms with E-state index in [1.54, 1.807) is 25.1 Å². The number of aryl methyl sites for hydroxylation is 2. The van der Waals surface area contributed by atoms with Gasteiger partial charge in [0, 0.05) is 6.54 Å². The summed E-state index contributed by atoms with van der Waals surface area (Å²) >= 11 is 0. The van der Waals surface area contributed by atoms with E-state index >= 15 is 0 Å². The van der Waals surface area contributed by atoms with E-state index in [2.05, 4.69) is 4.72 Å². The number of benzene rings is 2. The zero-order chi connectivity index (χ0) is 22.2. The highest BCUT2D eigenvalue weighted by Crippen LogP contribution is 2.38. The largest absolute Gasteiger partial charge is 0.278 e. The van der Waals surface area contributed by atoms with Crippen molar-refractivity contribution in [1.29, 1.82) is 0 Å². The summed E-state index contributed by atoms with van der Waals surface area (Å²) in [6.07, 6.45) is 3.49. The number of sulfonamides is 1. The minimum absolute atomic E-state index is 0.114. The van der Waals surface area contributed by atoms with Crippen molar-refractivity contribution < 1.29 is 18.0 Å². The van der Waals surface area contributed by atoms with E-state index in [4.69, 9.17) is 0 Å². The molecule has 2 amide bonds. The van der Waals surface area contributed by atoms with E-state index < -0.39 is 10.0 Å². The van der Waals surface area contributed by atoms with Crippen LogP contribution in [0.2, 0.25) is 0 Å². The Bertz CT molecular complexity index is 1080. The maximum atomic E-state index is 13.0. The van der Waals surface area contributed by atoms with Crippen LogP contribution in [0.3, 0.4) is 0 Å². The summed E-state index contributed by atoms with van der Waals surface area (Å²) in [7, 11) is -3.74. The second-order valence-corrected chi connectivity index (χ2v) is 10.4. The van der Waals surface area contributed by atoms with Gasteiger partial charge in [-0.1, -0.05) is 54.8 Å². The monoisotopic (exact) mass is 440 g/mol. The number of nitrogens with one attached hydrogen (secondary N) is 1. The lowest BCUT2D eigenvalue weighted by atomic mass is 9.81. The summed E-state index contributed by atoms with van der Waals surface area (Å²) < 4.78 is 28.6. The Balaban J connectivity index is 1.52. The molecule has 0 bridgehead atoms. The molecule has 0 radical (unpaired) electrons. The van der Waals surface area contributed by atoms with Crippen molar-refractivity contribution in [3.05, 3.63) is 64.7 Å². The first kappa shape index (κ1) is 21.7. The SMILES string of the molecule is Cc1ccc(CNS(=O)(=O)c2cc(CN3C(=O)C4CCCCC4C3=O)ccc2C)cc1. The summed E-state index contributed by atoms with van der Waals surface area (Å²) in [5.41, 5.74) is 3.24. The second-order valence-electron chi connectivity index (χ2n) is 8.67. The van der Waals surface area contributed by atoms with Gasteiger partial charge in [0.05, 0.1) is 23.3 Å². The van der Waals surface area contributed by atoms with Gasteiger partial charge in [0.1, 0.15) is 0 Å². The zero-order valence-electron chi connectivity index (χ0n) is 17.9. The van der Waals surface area contributed by atoms with Gasteiger partial charge in [0.25, 0.3) is 0 Å². The van der Waals surface area contributed by atoms with E-state index in [1.165, 1.54) is 4.90 Å². The summed E-state index contributed by atoms with van der Waals surface area (Å²) in [6, 6.07) is 12.8. The number of amides is 2. The molecule has 0 aromatic heterocycles. The molecule has 2 atom stereocenters. The lowest BCUT2D eigenvalue weighted by Crippen LogP contribution is -2.30. The first-order valence-electron chi connectivity index (χ1n) is 10.8. The maximum Gasteiger partial charge on any atom is 0.241 e. The molecule has 2 aliphatic rings. The number of likely N-dealkylation sites (tertiary alicyclic amines) is 1. The van der Waals surface area contributed by atoms with Gasteiger partial charge in [0.2, 0.25) is 21.8 Å². The maximum absolute atomic E-state index is 13.0. The molecule has 0 spiro atoms. The molecule has 4 rings (SSSR count). The van der Waals surface area contributed by atoms with Crippen LogP contribution in [0.15, 0.2) is 47.4 Å². The van der Waals surface area contributed by atoms with Crippen LogP contribution in [-0.2, 0) is 32.7 Å². The normalized spacial score (nSPS) is 21.4. The van der Waals surface area contributed by atoms with E-state index in [0.717, 1.165) is 36.8 Å². The van der Waals surface area contributed by atoms with Gasteiger partial charge in [-0.05, 0) is 49.4 Å². The molecular weight excluding hydrogens is 412 g/mol. The average molecular weight is 441 g/mol. The van der Waals surface area contributed by atoms with E-state index in [0.29, 0.717) is 11.1 Å². The number of rotatable bonds is 6. The first-order valence-corrected chi connectivity index (χ1v) is 12.2. The fourth-order valence-corrected chi connectivity index (χ4v) is 5.87. The van der Waals surface area contributed by atoms with E-state index in [1.807, 2.05) is 31.2 Å². The summed E-state index contributed by atoms with van der Waals surface area (Å²) in [5, 5.41) is 0. The molecule has 1 aliphatic carbocycles. The average Bonchev–Trinajstić information content (AvgIpc) is 2.99. The molecule has 1 saturated carbocycles. The summed E-state index contributed by atoms with van der Waals surface area (Å²) in [6.45, 7) is 4.03. The van der Waals surface area contributed by atoms with Crippen molar-refractivity contribution in [2.75, 3.05) is 0 Å². The Labute approximate surface area is 183 Å². The van der Waals surface area contributed by atoms with Crippen LogP contribution < -0.4 is 4.72 Å². The third-order valence-corrected chi connectivity index (χ3v) is 7.95. The van der Waals surface area contributed by atoms with Gasteiger partial charge in [-0.3, -0.25) is 14.5 Å². The lowest BCUT2D eigenvalue weighted by Gasteiger charge is -2.19. The Morgan fingerprint density at radius 3 is 2.10 bits per heavy atom. The molecule has 6 nitrogen and oxygen atoms in total. The van der Waals surface area contributed by atoms with Crippen LogP contribution >= 0.6 is 0 Å². The van der Waals surface area contributed by atoms with Crippen molar-refractivity contribution in [2.24, 2.45) is 11.8 Å². The Morgan fingerprint density at radius 2 is 1.48 bits per heavy atom. The van der Waals surface area contributed by atoms with Crippen LogP contribution in [-0.4, -0.2) is 25.1 Å². The number of carbonyl (C=O) groups is 2. The van der Waals surface area contributed by atoms with Crippen LogP contribution in [0.4, 0.5) is 0 Å². The van der Waals surface area contributed by atoms with Crippen molar-refractivity contribution in [3.63, 3.8) is 0 Å². The van der Waals surface area contributed by atoms with Crippen LogP contribution in [0.5, 0.6) is 0 Å². The van der Waals surface area contributed by atoms with Crippen LogP contribution in [0.25, 0.3) is 0 Å². The second kappa shape index (κ2) is 8.55. The fraction of sp³-hybridized carbons (Fsp3) is 0.417. The predicted molar refractivity (Wildman–Crippen MR) is 117 cm³/mol. The van der Waals surface area contributed by atoms with Gasteiger partial charge in [-0.15, -0.1) is 0 Å². The number of carbonyl (C=O) groups excluding carboxylic acids is 2. The van der Waals surface area contributed by atoms with Gasteiger partial charge >= 0.3 is 0 Å². The molecule has 1 aliphatic heterocycles. The molecule has 1 heterocycles. The van der Waals surface area contributed by atoms with Crippen molar-refractivity contribution in [1.82, 2.24) is 9.62 Å². The molecule has 2 unspecified atom stereocenters. The van der Waals surface area contributed by atoms with E-state index in [9.17, 15) is 18.0 Å². The summed E-state index contributed by atoms with van der Waals surface area (Å²) in [5.74, 6) is -0.633. The lowest BCUT2D eigenvalue weighted by molar-refractivity contribution is -0.140. The third kappa shape index (κ3) is 4.43. The Hall–Kier alpha value is -2.51. The van der Waals surface area contributed by atoms with Gasteiger partial charge in [-0.25, -0.2) is 13.1 Å². The highest BCUT2D eigenvalue weighted by molar-refractivity contribution is 7.89. The number of hydrogen-bond acceptors (Lipinski definition) is 4. The first-order chi connectivity index (χ1) is 14.8. The predicted octanol–water partition coefficient (Wildman–Crippen LogP) is 3.46. The molecule has 7 heteroatoms. The fourth-order valence-electron chi connectivity index (χ4n) is 4.56. The topological polar surface area (TPSA) is 83.6 Å². The molecule has 1 saturated heterocycles. The minimum Gasteiger partial charge on any atom is -0.278 e. The molecule has 31 heavy (non-hydrogen) atoms. The third-order valence-electron chi connectivity index (χ3n) is 6.40. The Morgan fingerprint density at radius 1 is 0.903 bits per heavy atom. The highest BCUT2D eigenvalue weighted by Gasteiger charge is 2.47. The molecule has 2 aromatic carbocycles. The van der Waals surface area contributed by atoms with Crippen molar-refractivity contribution >= 4 is 21.8 Å². The minimum atomic E-state index is -3.74. The van der Waals surface area contributed by atoms with Gasteiger partial charge in [-0.2, -0.15) is 0 Å². The molecule has 1 N–H and O–H groups in total. The Kier molecular flexibility index (Phi) is 5.99. The number of fused-ring (bicyclic) bond motifs is 1. The van der Waals surface area contributed by atoms with Crippen LogP contribution in [0.1, 0.15) is 47.9 Å². The quantitative estimate of drug-likeness (QED) is 0.698. The molecule has 2 fully saturated rings. The highest BCUT2D eigenvalue weighted by atomic mass is 32.2. The van der Waals surface area contributed by atoms with Crippen LogP contribution in [0, 0.1) is 25.7 Å². The number of imide groups is 1.